The Morgan fingerprint density at radius 2 is 2.21 bits per heavy atom. The van der Waals surface area contributed by atoms with Crippen molar-refractivity contribution in [2.45, 2.75) is 24.4 Å². The first-order chi connectivity index (χ1) is 9.10. The maximum absolute atomic E-state index is 9.79. The summed E-state index contributed by atoms with van der Waals surface area (Å²) in [4.78, 5) is 14.4. The van der Waals surface area contributed by atoms with Crippen molar-refractivity contribution < 1.29 is 20.1 Å². The summed E-state index contributed by atoms with van der Waals surface area (Å²) in [7, 11) is 0. The van der Waals surface area contributed by atoms with Crippen molar-refractivity contribution in [3.63, 3.8) is 0 Å². The van der Waals surface area contributed by atoms with Crippen LogP contribution in [0.4, 0.5) is 0 Å². The summed E-state index contributed by atoms with van der Waals surface area (Å²) in [6, 6.07) is -1.09. The Morgan fingerprint density at radius 3 is 2.89 bits per heavy atom. The van der Waals surface area contributed by atoms with Gasteiger partial charge in [-0.3, -0.25) is 0 Å². The van der Waals surface area contributed by atoms with E-state index in [-0.39, 0.29) is 18.3 Å². The average Bonchev–Trinajstić information content (AvgIpc) is 2.92. The number of ether oxygens (including phenoxy) is 1. The number of aromatic nitrogens is 4. The topological polar surface area (TPSA) is 150 Å². The minimum absolute atomic E-state index is 0.278. The number of aromatic hydroxyl groups is 1. The van der Waals surface area contributed by atoms with E-state index in [1.807, 2.05) is 0 Å². The molecule has 3 rings (SSSR count). The number of hydrogen-bond acceptors (Lipinski definition) is 8. The Labute approximate surface area is 107 Å². The molecular formula is C10H13N5O4. The number of aliphatic hydroxyl groups is 2. The molecule has 6 N–H and O–H groups in total. The van der Waals surface area contributed by atoms with Gasteiger partial charge in [-0.05, 0) is 0 Å². The molecule has 0 aliphatic carbocycles. The number of H-pyrrole nitrogens is 1. The average molecular weight is 267 g/mol. The zero-order chi connectivity index (χ0) is 13.6. The van der Waals surface area contributed by atoms with Crippen LogP contribution in [-0.2, 0) is 4.74 Å². The molecule has 1 aliphatic heterocycles. The number of fused-ring (bicyclic) bond motifs is 1. The van der Waals surface area contributed by atoms with E-state index in [2.05, 4.69) is 19.9 Å². The van der Waals surface area contributed by atoms with Crippen molar-refractivity contribution in [3.05, 3.63) is 12.0 Å². The summed E-state index contributed by atoms with van der Waals surface area (Å²) in [6.07, 6.45) is -1.01. The molecule has 0 amide bonds. The minimum Gasteiger partial charge on any atom is -0.479 e. The molecule has 0 bridgehead atoms. The third kappa shape index (κ3) is 1.92. The summed E-state index contributed by atoms with van der Waals surface area (Å²) in [5.74, 6) is 0.373. The molecule has 1 fully saturated rings. The molecule has 1 aliphatic rings. The Kier molecular flexibility index (Phi) is 2.82. The van der Waals surface area contributed by atoms with Crippen LogP contribution in [0.1, 0.15) is 11.9 Å². The predicted molar refractivity (Wildman–Crippen MR) is 62.0 cm³/mol. The molecule has 0 radical (unpaired) electrons. The molecule has 2 aromatic heterocycles. The number of nitrogens with zero attached hydrogens (tertiary/aromatic N) is 3. The molecule has 0 saturated carbocycles. The molecule has 19 heavy (non-hydrogen) atoms. The number of aliphatic hydroxyl groups excluding tert-OH is 2. The fraction of sp³-hybridized carbons (Fsp3) is 0.500. The maximum atomic E-state index is 9.79. The summed E-state index contributed by atoms with van der Waals surface area (Å²) in [5, 5.41) is 28.0. The van der Waals surface area contributed by atoms with Gasteiger partial charge in [0.15, 0.2) is 5.65 Å². The highest BCUT2D eigenvalue weighted by Crippen LogP contribution is 2.31. The molecule has 0 aromatic carbocycles. The first kappa shape index (κ1) is 12.2. The molecule has 3 heterocycles. The van der Waals surface area contributed by atoms with Crippen LogP contribution in [0.25, 0.3) is 11.2 Å². The second-order valence-electron chi connectivity index (χ2n) is 4.37. The van der Waals surface area contributed by atoms with Gasteiger partial charge >= 0.3 is 6.01 Å². The third-order valence-corrected chi connectivity index (χ3v) is 3.14. The second kappa shape index (κ2) is 4.38. The highest BCUT2D eigenvalue weighted by Gasteiger charge is 2.43. The van der Waals surface area contributed by atoms with E-state index in [9.17, 15) is 10.2 Å². The quantitative estimate of drug-likeness (QED) is 0.426. The number of imidazole rings is 1. The van der Waals surface area contributed by atoms with E-state index in [4.69, 9.17) is 15.6 Å². The van der Waals surface area contributed by atoms with Crippen LogP contribution < -0.4 is 5.73 Å². The van der Waals surface area contributed by atoms with Gasteiger partial charge in [-0.1, -0.05) is 0 Å². The molecule has 102 valence electrons. The summed E-state index contributed by atoms with van der Waals surface area (Å²) < 4.78 is 5.45. The second-order valence-corrected chi connectivity index (χ2v) is 4.37. The third-order valence-electron chi connectivity index (χ3n) is 3.14. The monoisotopic (exact) mass is 267 g/mol. The van der Waals surface area contributed by atoms with E-state index < -0.39 is 24.4 Å². The van der Waals surface area contributed by atoms with E-state index in [1.165, 1.54) is 6.20 Å². The lowest BCUT2D eigenvalue weighted by molar-refractivity contribution is -0.0244. The summed E-state index contributed by atoms with van der Waals surface area (Å²) in [6.45, 7) is -0.327. The lowest BCUT2D eigenvalue weighted by atomic mass is 10.1. The standard InChI is InChI=1S/C10H13N5O4/c11-5-6(17)4(2-16)19-7(5)9-13-3-1-12-10(18)15-8(3)14-9/h1,4-7,16-17H,2,11H2,(H2,12,13,14,15,18)/t4-,5-,6-,7?/m1/s1. The van der Waals surface area contributed by atoms with Gasteiger partial charge in [0.05, 0.1) is 18.8 Å². The van der Waals surface area contributed by atoms with Crippen molar-refractivity contribution in [3.8, 4) is 6.01 Å². The zero-order valence-corrected chi connectivity index (χ0v) is 9.76. The van der Waals surface area contributed by atoms with Crippen LogP contribution >= 0.6 is 0 Å². The van der Waals surface area contributed by atoms with Gasteiger partial charge in [0.25, 0.3) is 0 Å². The Morgan fingerprint density at radius 1 is 1.42 bits per heavy atom. The van der Waals surface area contributed by atoms with Gasteiger partial charge in [-0.25, -0.2) is 9.97 Å². The van der Waals surface area contributed by atoms with E-state index in [0.29, 0.717) is 11.3 Å². The molecule has 1 saturated heterocycles. The molecule has 9 nitrogen and oxygen atoms in total. The van der Waals surface area contributed by atoms with Crippen molar-refractivity contribution in [1.82, 2.24) is 19.9 Å². The Bertz CT molecular complexity index is 603. The number of hydrogen-bond donors (Lipinski definition) is 5. The fourth-order valence-electron chi connectivity index (χ4n) is 2.14. The van der Waals surface area contributed by atoms with Crippen molar-refractivity contribution in [2.75, 3.05) is 6.61 Å². The van der Waals surface area contributed by atoms with Crippen molar-refractivity contribution in [1.29, 1.82) is 0 Å². The first-order valence-electron chi connectivity index (χ1n) is 5.71. The molecule has 9 heteroatoms. The molecule has 0 spiro atoms. The highest BCUT2D eigenvalue weighted by molar-refractivity contribution is 5.69. The lowest BCUT2D eigenvalue weighted by Gasteiger charge is -2.12. The van der Waals surface area contributed by atoms with Crippen LogP contribution in [0.2, 0.25) is 0 Å². The smallest absolute Gasteiger partial charge is 0.316 e. The molecule has 2 aromatic rings. The van der Waals surface area contributed by atoms with Gasteiger partial charge in [0.2, 0.25) is 0 Å². The largest absolute Gasteiger partial charge is 0.479 e. The zero-order valence-electron chi connectivity index (χ0n) is 9.76. The first-order valence-corrected chi connectivity index (χ1v) is 5.71. The summed E-state index contributed by atoms with van der Waals surface area (Å²) in [5.41, 5.74) is 6.64. The van der Waals surface area contributed by atoms with Crippen LogP contribution in [0, 0.1) is 0 Å². The van der Waals surface area contributed by atoms with Crippen LogP contribution in [0.3, 0.4) is 0 Å². The SMILES string of the molecule is N[C@H]1C(c2nc3nc(O)ncc3[nH]2)O[C@H](CO)[C@H]1O. The van der Waals surface area contributed by atoms with Gasteiger partial charge < -0.3 is 30.8 Å². The lowest BCUT2D eigenvalue weighted by Crippen LogP contribution is -2.38. The van der Waals surface area contributed by atoms with Crippen molar-refractivity contribution in [2.24, 2.45) is 5.73 Å². The van der Waals surface area contributed by atoms with Crippen LogP contribution in [-0.4, -0.2) is 60.1 Å². The van der Waals surface area contributed by atoms with Gasteiger partial charge in [0.1, 0.15) is 29.7 Å². The van der Waals surface area contributed by atoms with Crippen molar-refractivity contribution >= 4 is 11.2 Å². The molecule has 1 unspecified atom stereocenters. The number of nitrogens with two attached hydrogens (primary N) is 1. The van der Waals surface area contributed by atoms with Crippen LogP contribution in [0.5, 0.6) is 6.01 Å². The van der Waals surface area contributed by atoms with Crippen LogP contribution in [0.15, 0.2) is 6.20 Å². The molecular weight excluding hydrogens is 254 g/mol. The molecule has 4 atom stereocenters. The van der Waals surface area contributed by atoms with Gasteiger partial charge in [-0.2, -0.15) is 4.98 Å². The highest BCUT2D eigenvalue weighted by atomic mass is 16.5. The minimum atomic E-state index is -0.970. The van der Waals surface area contributed by atoms with E-state index in [0.717, 1.165) is 0 Å². The van der Waals surface area contributed by atoms with E-state index >= 15 is 0 Å². The number of aromatic amines is 1. The van der Waals surface area contributed by atoms with E-state index in [1.54, 1.807) is 0 Å². The number of nitrogens with one attached hydrogen (secondary N) is 1. The maximum Gasteiger partial charge on any atom is 0.316 e. The summed E-state index contributed by atoms with van der Waals surface area (Å²) >= 11 is 0. The Balaban J connectivity index is 1.96. The Hall–Kier alpha value is -1.81. The number of rotatable bonds is 2. The normalized spacial score (nSPS) is 31.1. The van der Waals surface area contributed by atoms with Gasteiger partial charge in [-0.15, -0.1) is 0 Å². The fourth-order valence-corrected chi connectivity index (χ4v) is 2.14. The predicted octanol–water partition coefficient (Wildman–Crippen LogP) is -1.82. The van der Waals surface area contributed by atoms with Gasteiger partial charge in [0, 0.05) is 0 Å².